The molecule has 0 bridgehead atoms. The van der Waals surface area contributed by atoms with Crippen molar-refractivity contribution in [1.29, 1.82) is 0 Å². The second-order valence-corrected chi connectivity index (χ2v) is 3.82. The van der Waals surface area contributed by atoms with Crippen molar-refractivity contribution < 1.29 is 4.39 Å². The molecule has 0 saturated carbocycles. The van der Waals surface area contributed by atoms with Crippen molar-refractivity contribution in [1.82, 2.24) is 0 Å². The lowest BCUT2D eigenvalue weighted by Crippen LogP contribution is -2.30. The van der Waals surface area contributed by atoms with Gasteiger partial charge in [-0.1, -0.05) is 6.07 Å². The van der Waals surface area contributed by atoms with E-state index in [1.54, 1.807) is 6.07 Å². The molecule has 1 atom stereocenters. The molecule has 1 aromatic rings. The Morgan fingerprint density at radius 1 is 1.57 bits per heavy atom. The minimum absolute atomic E-state index is 0.121. The molecule has 0 amide bonds. The van der Waals surface area contributed by atoms with E-state index < -0.39 is 0 Å². The second kappa shape index (κ2) is 3.58. The molecular weight excluding hydrogens is 179 g/mol. The van der Waals surface area contributed by atoms with Crippen LogP contribution in [0.5, 0.6) is 0 Å². The Labute approximate surface area is 83.5 Å². The van der Waals surface area contributed by atoms with Crippen molar-refractivity contribution in [3.63, 3.8) is 0 Å². The molecule has 76 valence electrons. The maximum absolute atomic E-state index is 13.6. The predicted octanol–water partition coefficient (Wildman–Crippen LogP) is 1.71. The van der Waals surface area contributed by atoms with Gasteiger partial charge in [0.25, 0.3) is 0 Å². The summed E-state index contributed by atoms with van der Waals surface area (Å²) in [4.78, 5) is 2.09. The van der Waals surface area contributed by atoms with Gasteiger partial charge in [0.1, 0.15) is 5.82 Å². The van der Waals surface area contributed by atoms with Crippen molar-refractivity contribution in [3.8, 4) is 0 Å². The maximum Gasteiger partial charge on any atom is 0.128 e. The Kier molecular flexibility index (Phi) is 2.42. The highest BCUT2D eigenvalue weighted by molar-refractivity contribution is 5.57. The first kappa shape index (κ1) is 9.46. The van der Waals surface area contributed by atoms with E-state index in [9.17, 15) is 4.39 Å². The third-order valence-corrected chi connectivity index (χ3v) is 2.95. The van der Waals surface area contributed by atoms with Crippen LogP contribution in [0.3, 0.4) is 0 Å². The monoisotopic (exact) mass is 194 g/mol. The number of nitrogens with zero attached hydrogens (tertiary/aromatic N) is 1. The lowest BCUT2D eigenvalue weighted by atomic mass is 9.90. The first-order valence-electron chi connectivity index (χ1n) is 4.93. The molecule has 0 saturated heterocycles. The van der Waals surface area contributed by atoms with Crippen LogP contribution in [0.25, 0.3) is 0 Å². The average Bonchev–Trinajstić information content (AvgIpc) is 2.20. The van der Waals surface area contributed by atoms with E-state index in [1.807, 2.05) is 13.1 Å². The van der Waals surface area contributed by atoms with Gasteiger partial charge in [-0.25, -0.2) is 4.39 Å². The van der Waals surface area contributed by atoms with Crippen LogP contribution in [0.1, 0.15) is 17.9 Å². The number of hydrogen-bond acceptors (Lipinski definition) is 2. The molecule has 14 heavy (non-hydrogen) atoms. The quantitative estimate of drug-likeness (QED) is 0.737. The molecule has 1 aliphatic heterocycles. The van der Waals surface area contributed by atoms with Crippen LogP contribution in [0.2, 0.25) is 0 Å². The summed E-state index contributed by atoms with van der Waals surface area (Å²) in [6.45, 7) is 1.49. The molecule has 0 aromatic heterocycles. The number of benzene rings is 1. The van der Waals surface area contributed by atoms with Crippen LogP contribution in [-0.2, 0) is 0 Å². The normalized spacial score (nSPS) is 20.8. The standard InChI is InChI=1S/C11H15FN2/c1-14-6-5-8(7-13)11-9(12)3-2-4-10(11)14/h2-4,8H,5-7,13H2,1H3. The minimum Gasteiger partial charge on any atom is -0.374 e. The summed E-state index contributed by atoms with van der Waals surface area (Å²) in [5.41, 5.74) is 7.43. The third kappa shape index (κ3) is 1.38. The number of hydrogen-bond donors (Lipinski definition) is 1. The molecule has 2 nitrogen and oxygen atoms in total. The van der Waals surface area contributed by atoms with Gasteiger partial charge in [-0.3, -0.25) is 0 Å². The summed E-state index contributed by atoms with van der Waals surface area (Å²) in [7, 11) is 1.99. The largest absolute Gasteiger partial charge is 0.374 e. The minimum atomic E-state index is -0.121. The Bertz CT molecular complexity index is 338. The number of nitrogens with two attached hydrogens (primary N) is 1. The van der Waals surface area contributed by atoms with E-state index in [0.717, 1.165) is 24.2 Å². The van der Waals surface area contributed by atoms with Gasteiger partial charge in [-0.15, -0.1) is 0 Å². The fourth-order valence-electron chi connectivity index (χ4n) is 2.11. The summed E-state index contributed by atoms with van der Waals surface area (Å²) in [6.07, 6.45) is 0.945. The smallest absolute Gasteiger partial charge is 0.128 e. The van der Waals surface area contributed by atoms with Gasteiger partial charge < -0.3 is 10.6 Å². The highest BCUT2D eigenvalue weighted by Gasteiger charge is 2.24. The van der Waals surface area contributed by atoms with E-state index in [1.165, 1.54) is 6.07 Å². The summed E-state index contributed by atoms with van der Waals surface area (Å²) in [6, 6.07) is 5.23. The first-order chi connectivity index (χ1) is 6.74. The average molecular weight is 194 g/mol. The molecule has 2 N–H and O–H groups in total. The number of halogens is 1. The molecule has 1 heterocycles. The Morgan fingerprint density at radius 3 is 3.07 bits per heavy atom. The fraction of sp³-hybridized carbons (Fsp3) is 0.455. The lowest BCUT2D eigenvalue weighted by molar-refractivity contribution is 0.539. The molecule has 1 unspecified atom stereocenters. The number of anilines is 1. The van der Waals surface area contributed by atoms with Crippen LogP contribution < -0.4 is 10.6 Å². The van der Waals surface area contributed by atoms with E-state index in [-0.39, 0.29) is 11.7 Å². The van der Waals surface area contributed by atoms with E-state index in [4.69, 9.17) is 5.73 Å². The van der Waals surface area contributed by atoms with Crippen molar-refractivity contribution in [2.24, 2.45) is 5.73 Å². The Morgan fingerprint density at radius 2 is 2.36 bits per heavy atom. The van der Waals surface area contributed by atoms with Gasteiger partial charge >= 0.3 is 0 Å². The molecule has 0 radical (unpaired) electrons. The van der Waals surface area contributed by atoms with E-state index in [2.05, 4.69) is 4.90 Å². The zero-order valence-corrected chi connectivity index (χ0v) is 8.33. The third-order valence-electron chi connectivity index (χ3n) is 2.95. The number of fused-ring (bicyclic) bond motifs is 1. The molecular formula is C11H15FN2. The highest BCUT2D eigenvalue weighted by Crippen LogP contribution is 2.35. The molecule has 1 aliphatic rings. The van der Waals surface area contributed by atoms with Crippen LogP contribution in [0.15, 0.2) is 18.2 Å². The van der Waals surface area contributed by atoms with E-state index >= 15 is 0 Å². The summed E-state index contributed by atoms with van der Waals surface area (Å²) >= 11 is 0. The number of rotatable bonds is 1. The van der Waals surface area contributed by atoms with Gasteiger partial charge in [-0.05, 0) is 25.1 Å². The van der Waals surface area contributed by atoms with Gasteiger partial charge in [0, 0.05) is 30.8 Å². The lowest BCUT2D eigenvalue weighted by Gasteiger charge is -2.32. The Hall–Kier alpha value is -1.09. The van der Waals surface area contributed by atoms with Crippen molar-refractivity contribution in [3.05, 3.63) is 29.6 Å². The molecule has 1 aromatic carbocycles. The van der Waals surface area contributed by atoms with Crippen LogP contribution >= 0.6 is 0 Å². The molecule has 0 aliphatic carbocycles. The molecule has 3 heteroatoms. The Balaban J connectivity index is 2.51. The fourth-order valence-corrected chi connectivity index (χ4v) is 2.11. The van der Waals surface area contributed by atoms with Gasteiger partial charge in [-0.2, -0.15) is 0 Å². The van der Waals surface area contributed by atoms with Crippen LogP contribution in [-0.4, -0.2) is 20.1 Å². The summed E-state index contributed by atoms with van der Waals surface area (Å²) in [5, 5.41) is 0. The SMILES string of the molecule is CN1CCC(CN)c2c(F)cccc21. The molecule has 2 rings (SSSR count). The topological polar surface area (TPSA) is 29.3 Å². The van der Waals surface area contributed by atoms with Crippen LogP contribution in [0.4, 0.5) is 10.1 Å². The maximum atomic E-state index is 13.6. The zero-order valence-electron chi connectivity index (χ0n) is 8.33. The van der Waals surface area contributed by atoms with Crippen molar-refractivity contribution in [2.75, 3.05) is 25.0 Å². The zero-order chi connectivity index (χ0) is 10.1. The van der Waals surface area contributed by atoms with Gasteiger partial charge in [0.15, 0.2) is 0 Å². The summed E-state index contributed by atoms with van der Waals surface area (Å²) < 4.78 is 13.6. The molecule has 0 fully saturated rings. The van der Waals surface area contributed by atoms with Gasteiger partial charge in [0.2, 0.25) is 0 Å². The molecule has 0 spiro atoms. The second-order valence-electron chi connectivity index (χ2n) is 3.82. The van der Waals surface area contributed by atoms with Crippen molar-refractivity contribution >= 4 is 5.69 Å². The van der Waals surface area contributed by atoms with Gasteiger partial charge in [0.05, 0.1) is 0 Å². The predicted molar refractivity (Wildman–Crippen MR) is 56.1 cm³/mol. The van der Waals surface area contributed by atoms with E-state index in [0.29, 0.717) is 6.54 Å². The summed E-state index contributed by atoms with van der Waals surface area (Å²) in [5.74, 6) is 0.0619. The van der Waals surface area contributed by atoms with Crippen LogP contribution in [0, 0.1) is 5.82 Å². The highest BCUT2D eigenvalue weighted by atomic mass is 19.1. The van der Waals surface area contributed by atoms with Crippen molar-refractivity contribution in [2.45, 2.75) is 12.3 Å². The first-order valence-corrected chi connectivity index (χ1v) is 4.93.